The Morgan fingerprint density at radius 1 is 1.26 bits per heavy atom. The van der Waals surface area contributed by atoms with Crippen LogP contribution >= 0.6 is 0 Å². The van der Waals surface area contributed by atoms with Crippen LogP contribution in [0.25, 0.3) is 11.0 Å². The zero-order chi connectivity index (χ0) is 18.8. The fourth-order valence-corrected chi connectivity index (χ4v) is 3.76. The van der Waals surface area contributed by atoms with Gasteiger partial charge in [-0.3, -0.25) is 0 Å². The predicted molar refractivity (Wildman–Crippen MR) is 102 cm³/mol. The average Bonchev–Trinajstić information content (AvgIpc) is 3.09. The Morgan fingerprint density at radius 3 is 2.85 bits per heavy atom. The van der Waals surface area contributed by atoms with Gasteiger partial charge in [-0.05, 0) is 43.5 Å². The van der Waals surface area contributed by atoms with Crippen LogP contribution in [-0.4, -0.2) is 30.0 Å². The molecule has 0 bridgehead atoms. The molecule has 6 heteroatoms. The lowest BCUT2D eigenvalue weighted by Gasteiger charge is -2.34. The zero-order valence-corrected chi connectivity index (χ0v) is 15.3. The standard InChI is InChI=1S/C21H23FN2O3/c1-2-12-26-18-5-3-4-17(25)21(18)24-10-8-14(9-11-24)20-16-7-6-15(22)13-19(16)27-23-20/h3-7,13-14,25H,2,8-12H2,1H3. The summed E-state index contributed by atoms with van der Waals surface area (Å²) in [5.41, 5.74) is 2.14. The Morgan fingerprint density at radius 2 is 2.07 bits per heavy atom. The molecule has 142 valence electrons. The number of nitrogens with zero attached hydrogens (tertiary/aromatic N) is 2. The van der Waals surface area contributed by atoms with E-state index in [9.17, 15) is 9.50 Å². The molecule has 2 heterocycles. The summed E-state index contributed by atoms with van der Waals surface area (Å²) in [5, 5.41) is 15.5. The van der Waals surface area contributed by atoms with Crippen LogP contribution in [0.5, 0.6) is 11.5 Å². The molecule has 0 spiro atoms. The van der Waals surface area contributed by atoms with Crippen LogP contribution in [0.2, 0.25) is 0 Å². The number of hydrogen-bond acceptors (Lipinski definition) is 5. The van der Waals surface area contributed by atoms with Gasteiger partial charge >= 0.3 is 0 Å². The van der Waals surface area contributed by atoms with Gasteiger partial charge in [-0.1, -0.05) is 18.1 Å². The van der Waals surface area contributed by atoms with Gasteiger partial charge in [-0.2, -0.15) is 0 Å². The highest BCUT2D eigenvalue weighted by Crippen LogP contribution is 2.41. The molecule has 5 nitrogen and oxygen atoms in total. The van der Waals surface area contributed by atoms with Crippen molar-refractivity contribution in [3.63, 3.8) is 0 Å². The smallest absolute Gasteiger partial charge is 0.170 e. The van der Waals surface area contributed by atoms with Crippen LogP contribution in [0, 0.1) is 5.82 Å². The van der Waals surface area contributed by atoms with Crippen LogP contribution in [-0.2, 0) is 0 Å². The molecule has 3 aromatic rings. The average molecular weight is 370 g/mol. The van der Waals surface area contributed by atoms with E-state index in [-0.39, 0.29) is 17.5 Å². The van der Waals surface area contributed by atoms with Crippen molar-refractivity contribution in [3.05, 3.63) is 47.9 Å². The van der Waals surface area contributed by atoms with E-state index < -0.39 is 0 Å². The van der Waals surface area contributed by atoms with Gasteiger partial charge < -0.3 is 19.3 Å². The molecule has 1 aromatic heterocycles. The highest BCUT2D eigenvalue weighted by atomic mass is 19.1. The Labute approximate surface area is 157 Å². The number of fused-ring (bicyclic) bond motifs is 1. The molecule has 0 saturated carbocycles. The molecule has 0 atom stereocenters. The number of aromatic hydroxyl groups is 1. The van der Waals surface area contributed by atoms with Crippen molar-refractivity contribution >= 4 is 16.7 Å². The summed E-state index contributed by atoms with van der Waals surface area (Å²) in [5.74, 6) is 0.889. The van der Waals surface area contributed by atoms with Crippen LogP contribution < -0.4 is 9.64 Å². The first-order chi connectivity index (χ1) is 13.2. The number of benzene rings is 2. The van der Waals surface area contributed by atoms with Gasteiger partial charge in [-0.15, -0.1) is 0 Å². The molecule has 0 radical (unpaired) electrons. The number of piperidine rings is 1. The number of ether oxygens (including phenoxy) is 1. The quantitative estimate of drug-likeness (QED) is 0.696. The molecule has 4 rings (SSSR count). The molecular weight excluding hydrogens is 347 g/mol. The van der Waals surface area contributed by atoms with Crippen LogP contribution in [0.4, 0.5) is 10.1 Å². The molecule has 2 aromatic carbocycles. The summed E-state index contributed by atoms with van der Waals surface area (Å²) in [4.78, 5) is 2.17. The minimum Gasteiger partial charge on any atom is -0.506 e. The lowest BCUT2D eigenvalue weighted by molar-refractivity contribution is 0.314. The number of halogens is 1. The van der Waals surface area contributed by atoms with Gasteiger partial charge in [-0.25, -0.2) is 4.39 Å². The lowest BCUT2D eigenvalue weighted by atomic mass is 9.91. The van der Waals surface area contributed by atoms with Gasteiger partial charge in [0.15, 0.2) is 5.58 Å². The molecule has 0 unspecified atom stereocenters. The van der Waals surface area contributed by atoms with Crippen molar-refractivity contribution in [1.82, 2.24) is 5.16 Å². The topological polar surface area (TPSA) is 58.7 Å². The summed E-state index contributed by atoms with van der Waals surface area (Å²) in [7, 11) is 0. The minimum absolute atomic E-state index is 0.240. The third kappa shape index (κ3) is 3.44. The second-order valence-electron chi connectivity index (χ2n) is 6.94. The molecule has 1 saturated heterocycles. The third-order valence-electron chi connectivity index (χ3n) is 5.10. The Hall–Kier alpha value is -2.76. The van der Waals surface area contributed by atoms with Crippen molar-refractivity contribution in [3.8, 4) is 11.5 Å². The highest BCUT2D eigenvalue weighted by Gasteiger charge is 2.27. The van der Waals surface area contributed by atoms with E-state index in [0.29, 0.717) is 12.2 Å². The number of anilines is 1. The summed E-state index contributed by atoms with van der Waals surface area (Å²) < 4.78 is 24.5. The van der Waals surface area contributed by atoms with Crippen LogP contribution in [0.3, 0.4) is 0 Å². The first-order valence-electron chi connectivity index (χ1n) is 9.42. The maximum atomic E-state index is 13.4. The molecule has 1 aliphatic rings. The number of phenols is 1. The van der Waals surface area contributed by atoms with E-state index in [1.807, 2.05) is 6.07 Å². The molecule has 1 aliphatic heterocycles. The largest absolute Gasteiger partial charge is 0.506 e. The van der Waals surface area contributed by atoms with Crippen LogP contribution in [0.15, 0.2) is 40.9 Å². The van der Waals surface area contributed by atoms with Crippen molar-refractivity contribution in [2.45, 2.75) is 32.1 Å². The summed E-state index contributed by atoms with van der Waals surface area (Å²) >= 11 is 0. The Kier molecular flexibility index (Phi) is 4.88. The molecule has 0 amide bonds. The fraction of sp³-hybridized carbons (Fsp3) is 0.381. The van der Waals surface area contributed by atoms with Crippen molar-refractivity contribution < 1.29 is 18.8 Å². The van der Waals surface area contributed by atoms with E-state index in [2.05, 4.69) is 17.0 Å². The number of phenolic OH excluding ortho intramolecular Hbond substituents is 1. The van der Waals surface area contributed by atoms with E-state index in [1.165, 1.54) is 12.1 Å². The summed E-state index contributed by atoms with van der Waals surface area (Å²) in [6, 6.07) is 9.95. The van der Waals surface area contributed by atoms with Gasteiger partial charge in [0.05, 0.1) is 12.3 Å². The third-order valence-corrected chi connectivity index (χ3v) is 5.10. The highest BCUT2D eigenvalue weighted by molar-refractivity contribution is 5.80. The van der Waals surface area contributed by atoms with Gasteiger partial charge in [0, 0.05) is 30.5 Å². The normalized spacial score (nSPS) is 15.4. The SMILES string of the molecule is CCCOc1cccc(O)c1N1CCC(c2noc3cc(F)ccc23)CC1. The Bertz CT molecular complexity index is 932. The molecule has 1 fully saturated rings. The van der Waals surface area contributed by atoms with Crippen LogP contribution in [0.1, 0.15) is 37.8 Å². The van der Waals surface area contributed by atoms with Gasteiger partial charge in [0.1, 0.15) is 23.0 Å². The van der Waals surface area contributed by atoms with E-state index in [0.717, 1.165) is 54.9 Å². The second kappa shape index (κ2) is 7.47. The lowest BCUT2D eigenvalue weighted by Crippen LogP contribution is -2.33. The zero-order valence-electron chi connectivity index (χ0n) is 15.3. The molecule has 1 N–H and O–H groups in total. The Balaban J connectivity index is 1.52. The second-order valence-corrected chi connectivity index (χ2v) is 6.94. The maximum Gasteiger partial charge on any atom is 0.170 e. The van der Waals surface area contributed by atoms with E-state index in [1.54, 1.807) is 18.2 Å². The first-order valence-corrected chi connectivity index (χ1v) is 9.42. The number of hydrogen-bond donors (Lipinski definition) is 1. The number of aromatic nitrogens is 1. The summed E-state index contributed by atoms with van der Waals surface area (Å²) in [6.45, 7) is 4.23. The molecular formula is C21H23FN2O3. The maximum absolute atomic E-state index is 13.4. The van der Waals surface area contributed by atoms with Crippen molar-refractivity contribution in [1.29, 1.82) is 0 Å². The number of rotatable bonds is 5. The van der Waals surface area contributed by atoms with Gasteiger partial charge in [0.2, 0.25) is 0 Å². The van der Waals surface area contributed by atoms with Gasteiger partial charge in [0.25, 0.3) is 0 Å². The van der Waals surface area contributed by atoms with E-state index >= 15 is 0 Å². The fourth-order valence-electron chi connectivity index (χ4n) is 3.76. The van der Waals surface area contributed by atoms with Crippen molar-refractivity contribution in [2.24, 2.45) is 0 Å². The monoisotopic (exact) mass is 370 g/mol. The number of para-hydroxylation sites is 1. The first kappa shape index (κ1) is 17.6. The minimum atomic E-state index is -0.320. The molecule has 0 aliphatic carbocycles. The summed E-state index contributed by atoms with van der Waals surface area (Å²) in [6.07, 6.45) is 2.66. The predicted octanol–water partition coefficient (Wildman–Crippen LogP) is 4.85. The van der Waals surface area contributed by atoms with E-state index in [4.69, 9.17) is 9.26 Å². The molecule has 27 heavy (non-hydrogen) atoms. The van der Waals surface area contributed by atoms with Crippen molar-refractivity contribution in [2.75, 3.05) is 24.6 Å².